The Kier molecular flexibility index (Phi) is 5.08. The summed E-state index contributed by atoms with van der Waals surface area (Å²) in [7, 11) is 0. The highest BCUT2D eigenvalue weighted by molar-refractivity contribution is 7.07. The van der Waals surface area contributed by atoms with Gasteiger partial charge in [-0.1, -0.05) is 0 Å². The molecule has 28 heavy (non-hydrogen) atoms. The van der Waals surface area contributed by atoms with Crippen molar-refractivity contribution >= 4 is 34.7 Å². The first-order chi connectivity index (χ1) is 13.5. The number of halogens is 1. The van der Waals surface area contributed by atoms with Gasteiger partial charge in [-0.3, -0.25) is 14.4 Å². The number of fused-ring (bicyclic) bond motifs is 1. The number of carbonyl (C=O) groups excluding carboxylic acids is 3. The van der Waals surface area contributed by atoms with Crippen LogP contribution in [0.15, 0.2) is 29.1 Å². The Labute approximate surface area is 165 Å². The molecule has 1 aromatic carbocycles. The molecule has 0 saturated carbocycles. The van der Waals surface area contributed by atoms with Crippen LogP contribution in [0.4, 0.5) is 10.1 Å². The average Bonchev–Trinajstić information content (AvgIpc) is 3.11. The lowest BCUT2D eigenvalue weighted by Gasteiger charge is -2.30. The molecule has 0 bridgehead atoms. The zero-order chi connectivity index (χ0) is 19.7. The van der Waals surface area contributed by atoms with Gasteiger partial charge in [0.25, 0.3) is 5.91 Å². The Balaban J connectivity index is 1.49. The Bertz CT molecular complexity index is 918. The van der Waals surface area contributed by atoms with Crippen LogP contribution in [0, 0.1) is 5.82 Å². The molecule has 7 nitrogen and oxygen atoms in total. The van der Waals surface area contributed by atoms with E-state index in [4.69, 9.17) is 0 Å². The molecule has 3 amide bonds. The van der Waals surface area contributed by atoms with Crippen molar-refractivity contribution in [3.8, 4) is 0 Å². The summed E-state index contributed by atoms with van der Waals surface area (Å²) in [6.45, 7) is 1.80. The van der Waals surface area contributed by atoms with Gasteiger partial charge in [0.1, 0.15) is 11.5 Å². The summed E-state index contributed by atoms with van der Waals surface area (Å²) in [6.07, 6.45) is 0.629. The average molecular weight is 402 g/mol. The highest BCUT2D eigenvalue weighted by atomic mass is 32.1. The summed E-state index contributed by atoms with van der Waals surface area (Å²) in [4.78, 5) is 45.1. The molecule has 146 valence electrons. The molecule has 2 aliphatic heterocycles. The van der Waals surface area contributed by atoms with E-state index in [9.17, 15) is 18.8 Å². The standard InChI is InChI=1S/C19H19FN4O3S/c20-12-2-3-15-13(8-12)14(9-17(25)22-15)18(26)23-4-1-5-24(7-6-23)19(27)16-10-28-11-21-16/h2-3,8,10-11,14H,1,4-7,9H2,(H,22,25). The molecule has 2 aromatic rings. The van der Waals surface area contributed by atoms with Gasteiger partial charge >= 0.3 is 0 Å². The molecule has 0 radical (unpaired) electrons. The van der Waals surface area contributed by atoms with Gasteiger partial charge < -0.3 is 15.1 Å². The number of benzene rings is 1. The minimum atomic E-state index is -0.708. The van der Waals surface area contributed by atoms with Gasteiger partial charge in [0.15, 0.2) is 0 Å². The number of carbonyl (C=O) groups is 3. The maximum atomic E-state index is 13.7. The summed E-state index contributed by atoms with van der Waals surface area (Å²) in [6, 6.07) is 4.06. The maximum absolute atomic E-state index is 13.7. The van der Waals surface area contributed by atoms with E-state index in [1.165, 1.54) is 29.5 Å². The molecule has 1 atom stereocenters. The van der Waals surface area contributed by atoms with Crippen LogP contribution in [-0.2, 0) is 9.59 Å². The molecule has 0 aliphatic carbocycles. The lowest BCUT2D eigenvalue weighted by Crippen LogP contribution is -2.41. The van der Waals surface area contributed by atoms with Crippen LogP contribution in [0.3, 0.4) is 0 Å². The molecule has 3 heterocycles. The van der Waals surface area contributed by atoms with E-state index in [0.717, 1.165) is 0 Å². The third kappa shape index (κ3) is 3.62. The zero-order valence-corrected chi connectivity index (χ0v) is 15.9. The fraction of sp³-hybridized carbons (Fsp3) is 0.368. The first-order valence-electron chi connectivity index (χ1n) is 9.08. The Morgan fingerprint density at radius 3 is 2.75 bits per heavy atom. The van der Waals surface area contributed by atoms with Crippen LogP contribution in [0.1, 0.15) is 34.8 Å². The number of hydrogen-bond acceptors (Lipinski definition) is 5. The highest BCUT2D eigenvalue weighted by Gasteiger charge is 2.34. The monoisotopic (exact) mass is 402 g/mol. The van der Waals surface area contributed by atoms with Crippen molar-refractivity contribution in [2.24, 2.45) is 0 Å². The number of thiazole rings is 1. The molecular formula is C19H19FN4O3S. The second kappa shape index (κ2) is 7.67. The Morgan fingerprint density at radius 1 is 1.18 bits per heavy atom. The van der Waals surface area contributed by atoms with Gasteiger partial charge in [-0.15, -0.1) is 11.3 Å². The first-order valence-corrected chi connectivity index (χ1v) is 10.0. The van der Waals surface area contributed by atoms with E-state index < -0.39 is 11.7 Å². The third-order valence-electron chi connectivity index (χ3n) is 5.10. The van der Waals surface area contributed by atoms with E-state index in [0.29, 0.717) is 49.5 Å². The lowest BCUT2D eigenvalue weighted by atomic mass is 9.89. The second-order valence-electron chi connectivity index (χ2n) is 6.88. The van der Waals surface area contributed by atoms with Crippen molar-refractivity contribution in [2.75, 3.05) is 31.5 Å². The number of amides is 3. The van der Waals surface area contributed by atoms with Crippen molar-refractivity contribution in [3.63, 3.8) is 0 Å². The molecule has 2 aliphatic rings. The normalized spacial score (nSPS) is 19.6. The fourth-order valence-electron chi connectivity index (χ4n) is 3.69. The topological polar surface area (TPSA) is 82.6 Å². The molecule has 4 rings (SSSR count). The molecule has 1 aromatic heterocycles. The van der Waals surface area contributed by atoms with Gasteiger partial charge in [0, 0.05) is 43.7 Å². The van der Waals surface area contributed by atoms with Gasteiger partial charge in [0.05, 0.1) is 11.4 Å². The predicted octanol–water partition coefficient (Wildman–Crippen LogP) is 2.08. The number of rotatable bonds is 2. The molecule has 0 spiro atoms. The van der Waals surface area contributed by atoms with Crippen LogP contribution in [0.25, 0.3) is 0 Å². The summed E-state index contributed by atoms with van der Waals surface area (Å²) >= 11 is 1.36. The van der Waals surface area contributed by atoms with E-state index in [2.05, 4.69) is 10.3 Å². The summed E-state index contributed by atoms with van der Waals surface area (Å²) < 4.78 is 13.7. The van der Waals surface area contributed by atoms with Crippen LogP contribution < -0.4 is 5.32 Å². The maximum Gasteiger partial charge on any atom is 0.273 e. The van der Waals surface area contributed by atoms with Crippen LogP contribution in [-0.4, -0.2) is 58.7 Å². The van der Waals surface area contributed by atoms with Crippen LogP contribution in [0.2, 0.25) is 0 Å². The first kappa shape index (κ1) is 18.5. The van der Waals surface area contributed by atoms with Gasteiger partial charge in [-0.25, -0.2) is 9.37 Å². The fourth-order valence-corrected chi connectivity index (χ4v) is 4.22. The third-order valence-corrected chi connectivity index (χ3v) is 5.68. The molecule has 1 fully saturated rings. The van der Waals surface area contributed by atoms with Crippen molar-refractivity contribution in [1.82, 2.24) is 14.8 Å². The molecule has 9 heteroatoms. The Hall–Kier alpha value is -2.81. The number of nitrogens with one attached hydrogen (secondary N) is 1. The van der Waals surface area contributed by atoms with Gasteiger partial charge in [-0.2, -0.15) is 0 Å². The lowest BCUT2D eigenvalue weighted by molar-refractivity contribution is -0.134. The van der Waals surface area contributed by atoms with E-state index in [-0.39, 0.29) is 24.1 Å². The molecule has 1 N–H and O–H groups in total. The van der Waals surface area contributed by atoms with Crippen molar-refractivity contribution in [3.05, 3.63) is 46.2 Å². The molecule has 1 unspecified atom stereocenters. The smallest absolute Gasteiger partial charge is 0.273 e. The highest BCUT2D eigenvalue weighted by Crippen LogP contribution is 2.34. The summed E-state index contributed by atoms with van der Waals surface area (Å²) in [5.74, 6) is -1.75. The Morgan fingerprint density at radius 2 is 1.96 bits per heavy atom. The van der Waals surface area contributed by atoms with Crippen molar-refractivity contribution in [1.29, 1.82) is 0 Å². The quantitative estimate of drug-likeness (QED) is 0.834. The zero-order valence-electron chi connectivity index (χ0n) is 15.1. The number of aromatic nitrogens is 1. The molecular weight excluding hydrogens is 383 g/mol. The van der Waals surface area contributed by atoms with Gasteiger partial charge in [-0.05, 0) is 30.2 Å². The van der Waals surface area contributed by atoms with E-state index in [1.807, 2.05) is 0 Å². The predicted molar refractivity (Wildman–Crippen MR) is 102 cm³/mol. The van der Waals surface area contributed by atoms with Crippen LogP contribution in [0.5, 0.6) is 0 Å². The number of anilines is 1. The summed E-state index contributed by atoms with van der Waals surface area (Å²) in [5, 5.41) is 4.40. The second-order valence-corrected chi connectivity index (χ2v) is 7.60. The van der Waals surface area contributed by atoms with E-state index >= 15 is 0 Å². The SMILES string of the molecule is O=C1CC(C(=O)N2CCCN(C(=O)c3cscn3)CC2)c2cc(F)ccc2N1. The largest absolute Gasteiger partial charge is 0.340 e. The van der Waals surface area contributed by atoms with Crippen molar-refractivity contribution in [2.45, 2.75) is 18.8 Å². The minimum Gasteiger partial charge on any atom is -0.340 e. The minimum absolute atomic E-state index is 0.00669. The summed E-state index contributed by atoms with van der Waals surface area (Å²) in [5.41, 5.74) is 3.01. The van der Waals surface area contributed by atoms with Crippen LogP contribution >= 0.6 is 11.3 Å². The van der Waals surface area contributed by atoms with Gasteiger partial charge in [0.2, 0.25) is 11.8 Å². The number of hydrogen-bond donors (Lipinski definition) is 1. The van der Waals surface area contributed by atoms with E-state index in [1.54, 1.807) is 20.7 Å². The molecule has 1 saturated heterocycles. The number of nitrogens with zero attached hydrogens (tertiary/aromatic N) is 3. The van der Waals surface area contributed by atoms with Crippen molar-refractivity contribution < 1.29 is 18.8 Å².